The molecule has 0 radical (unpaired) electrons. The summed E-state index contributed by atoms with van der Waals surface area (Å²) < 4.78 is 31.6. The number of aryl methyl sites for hydroxylation is 2. The number of ether oxygens (including phenoxy) is 1. The van der Waals surface area contributed by atoms with Gasteiger partial charge in [0.05, 0.1) is 18.6 Å². The van der Waals surface area contributed by atoms with Crippen molar-refractivity contribution in [3.05, 3.63) is 59.2 Å². The molecule has 7 heteroatoms. The van der Waals surface area contributed by atoms with Crippen molar-refractivity contribution in [2.75, 3.05) is 17.2 Å². The molecule has 0 aliphatic rings. The molecule has 0 aliphatic heterocycles. The Morgan fingerprint density at radius 1 is 1.14 bits per heavy atom. The molecule has 2 aromatic carbocycles. The van der Waals surface area contributed by atoms with Crippen LogP contribution in [0.5, 0.6) is 5.75 Å². The summed E-state index contributed by atoms with van der Waals surface area (Å²) in [4.78, 5) is 12.8. The SMILES string of the molecule is CCOc1ccccc1CNC(=O)[C@@H](C)N(c1cc(C)cc(C)c1)S(C)(=O)=O. The van der Waals surface area contributed by atoms with Gasteiger partial charge in [0, 0.05) is 12.1 Å². The van der Waals surface area contributed by atoms with Gasteiger partial charge >= 0.3 is 0 Å². The molecule has 1 N–H and O–H groups in total. The maximum Gasteiger partial charge on any atom is 0.243 e. The van der Waals surface area contributed by atoms with Gasteiger partial charge in [-0.25, -0.2) is 8.42 Å². The lowest BCUT2D eigenvalue weighted by atomic mass is 10.1. The van der Waals surface area contributed by atoms with Crippen LogP contribution >= 0.6 is 0 Å². The molecular formula is C21H28N2O4S. The zero-order chi connectivity index (χ0) is 20.9. The molecule has 1 atom stereocenters. The number of para-hydroxylation sites is 1. The second kappa shape index (κ2) is 9.10. The van der Waals surface area contributed by atoms with Gasteiger partial charge in [-0.2, -0.15) is 0 Å². The summed E-state index contributed by atoms with van der Waals surface area (Å²) in [6.45, 7) is 8.05. The van der Waals surface area contributed by atoms with Gasteiger partial charge in [0.15, 0.2) is 0 Å². The lowest BCUT2D eigenvalue weighted by Gasteiger charge is -2.29. The fourth-order valence-electron chi connectivity index (χ4n) is 3.16. The molecular weight excluding hydrogens is 376 g/mol. The predicted octanol–water partition coefficient (Wildman–Crippen LogP) is 3.17. The number of hydrogen-bond acceptors (Lipinski definition) is 4. The third-order valence-corrected chi connectivity index (χ3v) is 5.52. The summed E-state index contributed by atoms with van der Waals surface area (Å²) in [5.41, 5.74) is 3.18. The fourth-order valence-corrected chi connectivity index (χ4v) is 4.32. The van der Waals surface area contributed by atoms with Gasteiger partial charge in [0.2, 0.25) is 15.9 Å². The number of benzene rings is 2. The van der Waals surface area contributed by atoms with Crippen molar-refractivity contribution in [2.24, 2.45) is 0 Å². The zero-order valence-electron chi connectivity index (χ0n) is 17.0. The van der Waals surface area contributed by atoms with Crippen molar-refractivity contribution in [3.8, 4) is 5.75 Å². The first-order chi connectivity index (χ1) is 13.1. The lowest BCUT2D eigenvalue weighted by molar-refractivity contribution is -0.122. The molecule has 1 amide bonds. The van der Waals surface area contributed by atoms with Gasteiger partial charge in [-0.05, 0) is 57.0 Å². The first kappa shape index (κ1) is 21.8. The number of rotatable bonds is 8. The largest absolute Gasteiger partial charge is 0.494 e. The Morgan fingerprint density at radius 3 is 2.32 bits per heavy atom. The van der Waals surface area contributed by atoms with E-state index in [4.69, 9.17) is 4.74 Å². The summed E-state index contributed by atoms with van der Waals surface area (Å²) >= 11 is 0. The van der Waals surface area contributed by atoms with E-state index in [-0.39, 0.29) is 12.5 Å². The highest BCUT2D eigenvalue weighted by atomic mass is 32.2. The average molecular weight is 405 g/mol. The van der Waals surface area contributed by atoms with Crippen molar-refractivity contribution < 1.29 is 17.9 Å². The number of nitrogens with zero attached hydrogens (tertiary/aromatic N) is 1. The Morgan fingerprint density at radius 2 is 1.75 bits per heavy atom. The molecule has 0 aromatic heterocycles. The van der Waals surface area contributed by atoms with Gasteiger partial charge in [-0.15, -0.1) is 0 Å². The van der Waals surface area contributed by atoms with Crippen LogP contribution in [0.25, 0.3) is 0 Å². The molecule has 0 aliphatic carbocycles. The van der Waals surface area contributed by atoms with E-state index in [0.29, 0.717) is 18.0 Å². The molecule has 2 rings (SSSR count). The maximum atomic E-state index is 12.8. The minimum Gasteiger partial charge on any atom is -0.494 e. The van der Waals surface area contributed by atoms with Crippen LogP contribution in [0, 0.1) is 13.8 Å². The third-order valence-electron chi connectivity index (χ3n) is 4.27. The van der Waals surface area contributed by atoms with E-state index in [0.717, 1.165) is 27.3 Å². The van der Waals surface area contributed by atoms with E-state index in [1.807, 2.05) is 51.1 Å². The van der Waals surface area contributed by atoms with Crippen LogP contribution in [0.3, 0.4) is 0 Å². The Labute approximate surface area is 167 Å². The van der Waals surface area contributed by atoms with Gasteiger partial charge in [0.25, 0.3) is 0 Å². The van der Waals surface area contributed by atoms with E-state index in [9.17, 15) is 13.2 Å². The Hall–Kier alpha value is -2.54. The lowest BCUT2D eigenvalue weighted by Crippen LogP contribution is -2.47. The van der Waals surface area contributed by atoms with Gasteiger partial charge in [0.1, 0.15) is 11.8 Å². The number of amides is 1. The quantitative estimate of drug-likeness (QED) is 0.733. The highest BCUT2D eigenvalue weighted by Crippen LogP contribution is 2.24. The van der Waals surface area contributed by atoms with E-state index >= 15 is 0 Å². The number of sulfonamides is 1. The summed E-state index contributed by atoms with van der Waals surface area (Å²) in [5, 5.41) is 2.82. The molecule has 0 unspecified atom stereocenters. The van der Waals surface area contributed by atoms with E-state index in [1.165, 1.54) is 0 Å². The van der Waals surface area contributed by atoms with E-state index in [2.05, 4.69) is 5.32 Å². The minimum absolute atomic E-state index is 0.254. The standard InChI is InChI=1S/C21H28N2O4S/c1-6-27-20-10-8-7-9-18(20)14-22-21(24)17(4)23(28(5,25)26)19-12-15(2)11-16(3)13-19/h7-13,17H,6,14H2,1-5H3,(H,22,24)/t17-/m1/s1. The second-order valence-electron chi connectivity index (χ2n) is 6.84. The van der Waals surface area contributed by atoms with Crippen LogP contribution in [-0.4, -0.2) is 33.2 Å². The summed E-state index contributed by atoms with van der Waals surface area (Å²) in [7, 11) is -3.65. The topological polar surface area (TPSA) is 75.7 Å². The van der Waals surface area contributed by atoms with Gasteiger partial charge in [-0.3, -0.25) is 9.10 Å². The number of carbonyl (C=O) groups is 1. The van der Waals surface area contributed by atoms with Gasteiger partial charge in [-0.1, -0.05) is 24.3 Å². The van der Waals surface area contributed by atoms with E-state index in [1.54, 1.807) is 19.1 Å². The molecule has 0 saturated carbocycles. The molecule has 0 saturated heterocycles. The van der Waals surface area contributed by atoms with Crippen LogP contribution in [-0.2, 0) is 21.4 Å². The average Bonchev–Trinajstić information content (AvgIpc) is 2.59. The summed E-state index contributed by atoms with van der Waals surface area (Å²) in [6.07, 6.45) is 1.11. The van der Waals surface area contributed by atoms with Crippen LogP contribution in [0.1, 0.15) is 30.5 Å². The molecule has 0 bridgehead atoms. The first-order valence-electron chi connectivity index (χ1n) is 9.19. The Bertz CT molecular complexity index is 921. The van der Waals surface area contributed by atoms with Crippen molar-refractivity contribution >= 4 is 21.6 Å². The molecule has 28 heavy (non-hydrogen) atoms. The van der Waals surface area contributed by atoms with Crippen molar-refractivity contribution in [2.45, 2.75) is 40.3 Å². The second-order valence-corrected chi connectivity index (χ2v) is 8.70. The number of nitrogens with one attached hydrogen (secondary N) is 1. The van der Waals surface area contributed by atoms with Gasteiger partial charge < -0.3 is 10.1 Å². The summed E-state index contributed by atoms with van der Waals surface area (Å²) in [6, 6.07) is 12.0. The number of hydrogen-bond donors (Lipinski definition) is 1. The van der Waals surface area contributed by atoms with Crippen LogP contribution < -0.4 is 14.4 Å². The summed E-state index contributed by atoms with van der Waals surface area (Å²) in [5.74, 6) is 0.322. The highest BCUT2D eigenvalue weighted by Gasteiger charge is 2.29. The molecule has 152 valence electrons. The smallest absolute Gasteiger partial charge is 0.243 e. The van der Waals surface area contributed by atoms with Crippen LogP contribution in [0.2, 0.25) is 0 Å². The molecule has 2 aromatic rings. The number of anilines is 1. The van der Waals surface area contributed by atoms with Crippen LogP contribution in [0.15, 0.2) is 42.5 Å². The molecule has 0 heterocycles. The third kappa shape index (κ3) is 5.48. The molecule has 0 spiro atoms. The van der Waals surface area contributed by atoms with Crippen molar-refractivity contribution in [3.63, 3.8) is 0 Å². The molecule has 6 nitrogen and oxygen atoms in total. The van der Waals surface area contributed by atoms with Crippen molar-refractivity contribution in [1.82, 2.24) is 5.32 Å². The minimum atomic E-state index is -3.65. The first-order valence-corrected chi connectivity index (χ1v) is 11.0. The zero-order valence-corrected chi connectivity index (χ0v) is 17.8. The predicted molar refractivity (Wildman–Crippen MR) is 112 cm³/mol. The number of carbonyl (C=O) groups excluding carboxylic acids is 1. The normalized spacial score (nSPS) is 12.3. The van der Waals surface area contributed by atoms with Crippen LogP contribution in [0.4, 0.5) is 5.69 Å². The fraction of sp³-hybridized carbons (Fsp3) is 0.381. The Balaban J connectivity index is 2.23. The molecule has 0 fully saturated rings. The van der Waals surface area contributed by atoms with Crippen molar-refractivity contribution in [1.29, 1.82) is 0 Å². The maximum absolute atomic E-state index is 12.8. The highest BCUT2D eigenvalue weighted by molar-refractivity contribution is 7.92. The van der Waals surface area contributed by atoms with E-state index < -0.39 is 16.1 Å². The Kier molecular flexibility index (Phi) is 7.07. The monoisotopic (exact) mass is 404 g/mol.